The van der Waals surface area contributed by atoms with Crippen molar-refractivity contribution in [2.45, 2.75) is 48.8 Å². The number of nitrogens with two attached hydrogens (primary N) is 1. The van der Waals surface area contributed by atoms with Crippen LogP contribution in [-0.4, -0.2) is 72.5 Å². The van der Waals surface area contributed by atoms with Crippen LogP contribution in [0.15, 0.2) is 45.6 Å². The molecule has 6 atom stereocenters. The van der Waals surface area contributed by atoms with Crippen molar-refractivity contribution in [3.8, 4) is 0 Å². The molecule has 0 amide bonds. The minimum absolute atomic E-state index is 0.0692. The van der Waals surface area contributed by atoms with Crippen LogP contribution in [0.1, 0.15) is 12.8 Å². The molecule has 0 bridgehead atoms. The summed E-state index contributed by atoms with van der Waals surface area (Å²) in [5.74, 6) is -1.33. The number of halogens is 6. The lowest BCUT2D eigenvalue weighted by Crippen LogP contribution is -2.55. The topological polar surface area (TPSA) is 56.6 Å². The first-order valence-electron chi connectivity index (χ1n) is 10.7. The Morgan fingerprint density at radius 3 is 2.69 bits per heavy atom. The van der Waals surface area contributed by atoms with Crippen molar-refractivity contribution in [2.75, 3.05) is 26.7 Å². The molecule has 178 valence electrons. The zero-order chi connectivity index (χ0) is 23.2. The maximum absolute atomic E-state index is 13.3. The molecular formula is C21H27Cl3F3N5. The summed E-state index contributed by atoms with van der Waals surface area (Å²) in [7, 11) is 1.94. The second-order valence-corrected chi connectivity index (χ2v) is 10.0. The average Bonchev–Trinajstić information content (AvgIpc) is 3.04. The van der Waals surface area contributed by atoms with Gasteiger partial charge in [-0.25, -0.2) is 0 Å². The molecule has 4 aliphatic rings. The fourth-order valence-electron chi connectivity index (χ4n) is 4.81. The number of likely N-dealkylation sites (N-methyl/N-ethyl adjacent to an activating group) is 1. The molecular weight excluding hydrogens is 486 g/mol. The van der Waals surface area contributed by atoms with Crippen molar-refractivity contribution in [3.05, 3.63) is 45.6 Å². The third-order valence-corrected chi connectivity index (χ3v) is 7.91. The van der Waals surface area contributed by atoms with E-state index in [4.69, 9.17) is 40.5 Å². The van der Waals surface area contributed by atoms with Gasteiger partial charge in [-0.2, -0.15) is 13.2 Å². The summed E-state index contributed by atoms with van der Waals surface area (Å²) in [6.45, 7) is 0.828. The lowest BCUT2D eigenvalue weighted by molar-refractivity contribution is -0.184. The van der Waals surface area contributed by atoms with Crippen LogP contribution in [-0.2, 0) is 0 Å². The van der Waals surface area contributed by atoms with E-state index in [1.807, 2.05) is 25.3 Å². The first kappa shape index (κ1) is 24.4. The van der Waals surface area contributed by atoms with Crippen molar-refractivity contribution < 1.29 is 13.2 Å². The average molecular weight is 513 g/mol. The van der Waals surface area contributed by atoms with Gasteiger partial charge in [0.1, 0.15) is 6.29 Å². The number of allylic oxidation sites excluding steroid dienone is 3. The Bertz CT molecular complexity index is 856. The summed E-state index contributed by atoms with van der Waals surface area (Å²) in [5.41, 5.74) is 7.34. The number of hydrogen-bond acceptors (Lipinski definition) is 5. The Morgan fingerprint density at radius 1 is 1.25 bits per heavy atom. The molecule has 2 fully saturated rings. The van der Waals surface area contributed by atoms with E-state index in [1.165, 1.54) is 0 Å². The molecule has 0 spiro atoms. The van der Waals surface area contributed by atoms with Crippen molar-refractivity contribution in [3.63, 3.8) is 0 Å². The maximum Gasteiger partial charge on any atom is 0.393 e. The highest BCUT2D eigenvalue weighted by Crippen LogP contribution is 2.38. The van der Waals surface area contributed by atoms with Gasteiger partial charge in [-0.1, -0.05) is 29.3 Å². The highest BCUT2D eigenvalue weighted by Gasteiger charge is 2.45. The highest BCUT2D eigenvalue weighted by molar-refractivity contribution is 6.32. The second kappa shape index (κ2) is 9.49. The Balaban J connectivity index is 1.49. The molecule has 2 aliphatic carbocycles. The molecule has 32 heavy (non-hydrogen) atoms. The molecule has 0 aromatic heterocycles. The van der Waals surface area contributed by atoms with Gasteiger partial charge < -0.3 is 10.6 Å². The molecule has 2 aliphatic heterocycles. The van der Waals surface area contributed by atoms with Crippen LogP contribution in [0.3, 0.4) is 0 Å². The van der Waals surface area contributed by atoms with Gasteiger partial charge >= 0.3 is 6.18 Å². The molecule has 4 N–H and O–H groups in total. The fourth-order valence-corrected chi connectivity index (χ4v) is 5.82. The zero-order valence-corrected chi connectivity index (χ0v) is 19.8. The van der Waals surface area contributed by atoms with Gasteiger partial charge in [-0.15, -0.1) is 11.6 Å². The summed E-state index contributed by atoms with van der Waals surface area (Å²) in [6, 6.07) is -0.498. The molecule has 0 aromatic rings. The number of nitrogens with one attached hydrogen (secondary N) is 2. The van der Waals surface area contributed by atoms with Crippen molar-refractivity contribution >= 4 is 34.8 Å². The number of alkyl halides is 4. The molecule has 0 saturated carbocycles. The van der Waals surface area contributed by atoms with Crippen LogP contribution in [0.2, 0.25) is 0 Å². The Morgan fingerprint density at radius 2 is 2.00 bits per heavy atom. The van der Waals surface area contributed by atoms with Crippen molar-refractivity contribution in [1.82, 2.24) is 20.4 Å². The quantitative estimate of drug-likeness (QED) is 0.504. The summed E-state index contributed by atoms with van der Waals surface area (Å²) in [4.78, 5) is 3.84. The van der Waals surface area contributed by atoms with Gasteiger partial charge in [0.15, 0.2) is 0 Å². The first-order valence-corrected chi connectivity index (χ1v) is 11.8. The van der Waals surface area contributed by atoms with Gasteiger partial charge in [-0.3, -0.25) is 15.5 Å². The van der Waals surface area contributed by atoms with E-state index in [1.54, 1.807) is 11.0 Å². The minimum Gasteiger partial charge on any atom is -0.370 e. The Kier molecular flexibility index (Phi) is 7.23. The molecule has 2 heterocycles. The lowest BCUT2D eigenvalue weighted by atomic mass is 9.95. The standard InChI is InChI=1S/C21H27Cl3F3N5/c1-31-17-8-16(32-6-2-3-12(10-32)21(25,26)27)14(23)7-15(17)29-20(31)30-19-13(22)5-4-11(9-28)18(19)24/h4-5,7-8,12,15,17-20,29-30H,2-3,6,9-10,28H2,1H3. The number of likely N-dealkylation sites (tertiary alicyclic amines) is 1. The summed E-state index contributed by atoms with van der Waals surface area (Å²) >= 11 is 19.5. The van der Waals surface area contributed by atoms with E-state index in [9.17, 15) is 13.2 Å². The number of nitrogens with zero attached hydrogens (tertiary/aromatic N) is 2. The van der Waals surface area contributed by atoms with E-state index >= 15 is 0 Å². The molecule has 5 nitrogen and oxygen atoms in total. The van der Waals surface area contributed by atoms with E-state index in [2.05, 4.69) is 15.5 Å². The number of piperidine rings is 1. The van der Waals surface area contributed by atoms with Crippen LogP contribution >= 0.6 is 34.8 Å². The van der Waals surface area contributed by atoms with Gasteiger partial charge in [0, 0.05) is 30.7 Å². The van der Waals surface area contributed by atoms with Crippen LogP contribution in [0.5, 0.6) is 0 Å². The van der Waals surface area contributed by atoms with E-state index in [0.29, 0.717) is 35.3 Å². The summed E-state index contributed by atoms with van der Waals surface area (Å²) in [6.07, 6.45) is 3.64. The van der Waals surface area contributed by atoms with E-state index in [-0.39, 0.29) is 42.8 Å². The molecule has 4 rings (SSSR count). The minimum atomic E-state index is -4.20. The smallest absolute Gasteiger partial charge is 0.370 e. The predicted octanol–water partition coefficient (Wildman–Crippen LogP) is 3.42. The van der Waals surface area contributed by atoms with Crippen molar-refractivity contribution in [1.29, 1.82) is 0 Å². The highest BCUT2D eigenvalue weighted by atomic mass is 35.5. The number of fused-ring (bicyclic) bond motifs is 1. The van der Waals surface area contributed by atoms with Gasteiger partial charge in [-0.05, 0) is 43.7 Å². The van der Waals surface area contributed by atoms with Crippen LogP contribution in [0, 0.1) is 5.92 Å². The molecule has 0 radical (unpaired) electrons. The number of hydrogen-bond donors (Lipinski definition) is 3. The van der Waals surface area contributed by atoms with E-state index in [0.717, 1.165) is 5.57 Å². The van der Waals surface area contributed by atoms with Crippen LogP contribution < -0.4 is 16.4 Å². The Labute approximate surface area is 201 Å². The fraction of sp³-hybridized carbons (Fsp3) is 0.619. The third-order valence-electron chi connectivity index (χ3n) is 6.69. The maximum atomic E-state index is 13.3. The number of rotatable bonds is 4. The van der Waals surface area contributed by atoms with Crippen LogP contribution in [0.4, 0.5) is 13.2 Å². The third kappa shape index (κ3) is 4.73. The SMILES string of the molecule is CN1C(NC2C(Cl)=CC=C(CN)C2Cl)NC2C=C(Cl)C(N3CCCC(C(F)(F)F)C3)=CC21. The molecule has 6 unspecified atom stereocenters. The normalized spacial score (nSPS) is 36.3. The second-order valence-electron chi connectivity index (χ2n) is 8.69. The monoisotopic (exact) mass is 511 g/mol. The molecule has 11 heteroatoms. The van der Waals surface area contributed by atoms with Gasteiger partial charge in [0.2, 0.25) is 0 Å². The van der Waals surface area contributed by atoms with E-state index < -0.39 is 12.1 Å². The predicted molar refractivity (Wildman–Crippen MR) is 122 cm³/mol. The first-order chi connectivity index (χ1) is 15.1. The van der Waals surface area contributed by atoms with Gasteiger partial charge in [0.05, 0.1) is 34.1 Å². The largest absolute Gasteiger partial charge is 0.393 e. The Hall–Kier alpha value is -0.740. The van der Waals surface area contributed by atoms with Crippen LogP contribution in [0.25, 0.3) is 0 Å². The summed E-state index contributed by atoms with van der Waals surface area (Å²) < 4.78 is 39.9. The molecule has 0 aromatic carbocycles. The zero-order valence-electron chi connectivity index (χ0n) is 17.5. The van der Waals surface area contributed by atoms with Gasteiger partial charge in [0.25, 0.3) is 0 Å². The molecule has 2 saturated heterocycles. The van der Waals surface area contributed by atoms with Crippen molar-refractivity contribution in [2.24, 2.45) is 11.7 Å². The summed E-state index contributed by atoms with van der Waals surface area (Å²) in [5, 5.41) is 7.59. The lowest BCUT2D eigenvalue weighted by Gasteiger charge is -2.38.